The van der Waals surface area contributed by atoms with Crippen LogP contribution in [0, 0.1) is 23.2 Å². The van der Waals surface area contributed by atoms with Crippen molar-refractivity contribution in [3.05, 3.63) is 47.1 Å². The van der Waals surface area contributed by atoms with E-state index in [1.54, 1.807) is 5.57 Å². The Labute approximate surface area is 188 Å². The summed E-state index contributed by atoms with van der Waals surface area (Å²) in [6.07, 6.45) is 16.4. The molecule has 3 heteroatoms. The Morgan fingerprint density at radius 2 is 2.00 bits per heavy atom. The third-order valence-electron chi connectivity index (χ3n) is 8.86. The van der Waals surface area contributed by atoms with E-state index >= 15 is 0 Å². The van der Waals surface area contributed by atoms with Gasteiger partial charge < -0.3 is 10.2 Å². The Balaban J connectivity index is 1.50. The largest absolute Gasteiger partial charge is 0.393 e. The Morgan fingerprint density at radius 3 is 2.77 bits per heavy atom. The van der Waals surface area contributed by atoms with Gasteiger partial charge in [-0.1, -0.05) is 43.7 Å². The number of allylic oxidation sites excluding steroid dienone is 5. The van der Waals surface area contributed by atoms with Gasteiger partial charge in [0.2, 0.25) is 0 Å². The molecular formula is C28H40O3. The molecule has 0 saturated heterocycles. The number of fused-ring (bicyclic) bond motifs is 1. The van der Waals surface area contributed by atoms with Crippen LogP contribution in [0.4, 0.5) is 0 Å². The maximum absolute atomic E-state index is 11.8. The summed E-state index contributed by atoms with van der Waals surface area (Å²) in [5.41, 5.74) is 5.03. The standard InChI is InChI=1S/C28H40O3/c1-18(14-20-6-4-8-23(29)15-20)25-11-12-26-21(7-5-13-28(25,26)3)9-10-22-16-24(30)17-27(31)19(22)2/h9-10,15,18,24-27,30-31H,2,4-8,11-14,16-17H2,1,3H3/t18-,24-,25-,26?,27+,28-/m1/s1. The van der Waals surface area contributed by atoms with Crippen LogP contribution in [-0.4, -0.2) is 28.2 Å². The first-order valence-electron chi connectivity index (χ1n) is 12.4. The predicted octanol–water partition coefficient (Wildman–Crippen LogP) is 5.83. The van der Waals surface area contributed by atoms with Crippen molar-refractivity contribution in [2.24, 2.45) is 23.2 Å². The van der Waals surface area contributed by atoms with E-state index in [4.69, 9.17) is 0 Å². The van der Waals surface area contributed by atoms with Crippen LogP contribution in [-0.2, 0) is 4.79 Å². The van der Waals surface area contributed by atoms with E-state index in [2.05, 4.69) is 32.6 Å². The molecule has 0 radical (unpaired) electrons. The van der Waals surface area contributed by atoms with E-state index in [1.165, 1.54) is 31.3 Å². The Kier molecular flexibility index (Phi) is 6.74. The van der Waals surface area contributed by atoms with Crippen LogP contribution >= 0.6 is 0 Å². The monoisotopic (exact) mass is 424 g/mol. The summed E-state index contributed by atoms with van der Waals surface area (Å²) in [5.74, 6) is 2.27. The van der Waals surface area contributed by atoms with Crippen molar-refractivity contribution in [2.75, 3.05) is 0 Å². The van der Waals surface area contributed by atoms with Crippen LogP contribution in [0.15, 0.2) is 47.1 Å². The summed E-state index contributed by atoms with van der Waals surface area (Å²) in [6.45, 7) is 8.99. The lowest BCUT2D eigenvalue weighted by Gasteiger charge is -2.44. The van der Waals surface area contributed by atoms with E-state index < -0.39 is 12.2 Å². The number of aliphatic hydroxyl groups is 2. The lowest BCUT2D eigenvalue weighted by atomic mass is 9.60. The van der Waals surface area contributed by atoms with Crippen molar-refractivity contribution in [1.82, 2.24) is 0 Å². The van der Waals surface area contributed by atoms with Crippen molar-refractivity contribution in [3.8, 4) is 0 Å². The van der Waals surface area contributed by atoms with Gasteiger partial charge in [0.15, 0.2) is 5.78 Å². The molecule has 3 nitrogen and oxygen atoms in total. The number of hydrogen-bond donors (Lipinski definition) is 2. The molecule has 0 heterocycles. The zero-order chi connectivity index (χ0) is 22.2. The number of carbonyl (C=O) groups is 1. The van der Waals surface area contributed by atoms with E-state index in [0.29, 0.717) is 41.8 Å². The fourth-order valence-corrected chi connectivity index (χ4v) is 7.26. The van der Waals surface area contributed by atoms with Crippen LogP contribution in [0.2, 0.25) is 0 Å². The van der Waals surface area contributed by atoms with Gasteiger partial charge in [0.1, 0.15) is 0 Å². The molecule has 1 unspecified atom stereocenters. The molecule has 0 aromatic rings. The second kappa shape index (κ2) is 9.19. The average Bonchev–Trinajstić information content (AvgIpc) is 3.07. The summed E-state index contributed by atoms with van der Waals surface area (Å²) in [4.78, 5) is 11.8. The average molecular weight is 425 g/mol. The third-order valence-corrected chi connectivity index (χ3v) is 8.86. The molecule has 0 bridgehead atoms. The molecule has 4 aliphatic carbocycles. The van der Waals surface area contributed by atoms with Gasteiger partial charge in [-0.15, -0.1) is 0 Å². The summed E-state index contributed by atoms with van der Waals surface area (Å²) < 4.78 is 0. The van der Waals surface area contributed by atoms with Gasteiger partial charge in [-0.2, -0.15) is 0 Å². The number of ketones is 1. The maximum atomic E-state index is 11.8. The fraction of sp³-hybridized carbons (Fsp3) is 0.679. The minimum Gasteiger partial charge on any atom is -0.393 e. The van der Waals surface area contributed by atoms with Crippen LogP contribution in [0.1, 0.15) is 84.5 Å². The van der Waals surface area contributed by atoms with E-state index in [9.17, 15) is 15.0 Å². The maximum Gasteiger partial charge on any atom is 0.155 e. The highest BCUT2D eigenvalue weighted by atomic mass is 16.3. The molecule has 0 spiro atoms. The van der Waals surface area contributed by atoms with Gasteiger partial charge in [-0.25, -0.2) is 0 Å². The highest BCUT2D eigenvalue weighted by Crippen LogP contribution is 2.60. The molecule has 3 saturated carbocycles. The molecular weight excluding hydrogens is 384 g/mol. The zero-order valence-corrected chi connectivity index (χ0v) is 19.4. The lowest BCUT2D eigenvalue weighted by Crippen LogP contribution is -2.36. The minimum absolute atomic E-state index is 0.319. The van der Waals surface area contributed by atoms with Crippen LogP contribution in [0.3, 0.4) is 0 Å². The molecule has 6 atom stereocenters. The summed E-state index contributed by atoms with van der Waals surface area (Å²) in [6, 6.07) is 0. The summed E-state index contributed by atoms with van der Waals surface area (Å²) >= 11 is 0. The molecule has 170 valence electrons. The first-order valence-corrected chi connectivity index (χ1v) is 12.4. The number of aliphatic hydroxyl groups excluding tert-OH is 2. The van der Waals surface area contributed by atoms with Gasteiger partial charge >= 0.3 is 0 Å². The van der Waals surface area contributed by atoms with E-state index in [1.807, 2.05) is 6.08 Å². The smallest absolute Gasteiger partial charge is 0.155 e. The third kappa shape index (κ3) is 4.68. The van der Waals surface area contributed by atoms with Crippen molar-refractivity contribution >= 4 is 5.78 Å². The normalized spacial score (nSPS) is 40.2. The van der Waals surface area contributed by atoms with E-state index in [0.717, 1.165) is 43.3 Å². The highest BCUT2D eigenvalue weighted by molar-refractivity contribution is 5.91. The van der Waals surface area contributed by atoms with Gasteiger partial charge in [-0.05, 0) is 98.2 Å². The topological polar surface area (TPSA) is 57.5 Å². The molecule has 0 aromatic carbocycles. The van der Waals surface area contributed by atoms with Gasteiger partial charge in [0.05, 0.1) is 12.2 Å². The fourth-order valence-electron chi connectivity index (χ4n) is 7.26. The van der Waals surface area contributed by atoms with Crippen LogP contribution < -0.4 is 0 Å². The number of hydrogen-bond acceptors (Lipinski definition) is 3. The molecule has 0 amide bonds. The first kappa shape index (κ1) is 22.7. The molecule has 4 aliphatic rings. The van der Waals surface area contributed by atoms with Gasteiger partial charge in [-0.3, -0.25) is 4.79 Å². The second-order valence-corrected chi connectivity index (χ2v) is 11.0. The summed E-state index contributed by atoms with van der Waals surface area (Å²) in [7, 11) is 0. The Hall–Kier alpha value is -1.45. The molecule has 31 heavy (non-hydrogen) atoms. The Bertz CT molecular complexity index is 816. The van der Waals surface area contributed by atoms with Crippen molar-refractivity contribution in [2.45, 2.75) is 96.7 Å². The van der Waals surface area contributed by atoms with Crippen LogP contribution in [0.5, 0.6) is 0 Å². The molecule has 2 N–H and O–H groups in total. The molecule has 0 aliphatic heterocycles. The molecule has 0 aromatic heterocycles. The van der Waals surface area contributed by atoms with Crippen molar-refractivity contribution in [1.29, 1.82) is 0 Å². The molecule has 4 rings (SSSR count). The lowest BCUT2D eigenvalue weighted by molar-refractivity contribution is -0.115. The summed E-state index contributed by atoms with van der Waals surface area (Å²) in [5, 5.41) is 20.2. The van der Waals surface area contributed by atoms with Gasteiger partial charge in [0, 0.05) is 12.8 Å². The van der Waals surface area contributed by atoms with E-state index in [-0.39, 0.29) is 0 Å². The molecule has 3 fully saturated rings. The highest BCUT2D eigenvalue weighted by Gasteiger charge is 2.50. The quantitative estimate of drug-likeness (QED) is 0.597. The SMILES string of the molecule is C=C1C(=CC=C2CCC[C@@]3(C)C2CC[C@@H]3[C@H](C)CC2=CC(=O)CCC2)C[C@@H](O)C[C@@H]1O. The first-order chi connectivity index (χ1) is 14.8. The number of rotatable bonds is 4. The minimum atomic E-state index is -0.622. The zero-order valence-electron chi connectivity index (χ0n) is 19.4. The van der Waals surface area contributed by atoms with Crippen LogP contribution in [0.25, 0.3) is 0 Å². The van der Waals surface area contributed by atoms with Crippen molar-refractivity contribution < 1.29 is 15.0 Å². The van der Waals surface area contributed by atoms with Crippen molar-refractivity contribution in [3.63, 3.8) is 0 Å². The van der Waals surface area contributed by atoms with Gasteiger partial charge in [0.25, 0.3) is 0 Å². The number of carbonyl (C=O) groups excluding carboxylic acids is 1. The predicted molar refractivity (Wildman–Crippen MR) is 125 cm³/mol. The second-order valence-electron chi connectivity index (χ2n) is 11.0. The Morgan fingerprint density at radius 1 is 1.19 bits per heavy atom.